The monoisotopic (exact) mass is 370 g/mol. The van der Waals surface area contributed by atoms with Crippen LogP contribution in [0.3, 0.4) is 0 Å². The summed E-state index contributed by atoms with van der Waals surface area (Å²) in [7, 11) is -3.59. The molecule has 0 atom stereocenters. The Kier molecular flexibility index (Phi) is 5.45. The maximum Gasteiger partial charge on any atom is 0.262 e. The summed E-state index contributed by atoms with van der Waals surface area (Å²) in [6.45, 7) is 7.08. The molecule has 0 unspecified atom stereocenters. The first-order valence-electron chi connectivity index (χ1n) is 8.79. The van der Waals surface area contributed by atoms with Gasteiger partial charge in [-0.15, -0.1) is 0 Å². The van der Waals surface area contributed by atoms with Crippen molar-refractivity contribution in [3.05, 3.63) is 12.5 Å². The van der Waals surface area contributed by atoms with Crippen LogP contribution in [-0.2, 0) is 19.6 Å². The SMILES string of the molecule is CC(C)n1cnc(S(=O)(=O)N2CCC(C(=O)N3CCOCC3)CC2)c1. The Hall–Kier alpha value is -1.45. The van der Waals surface area contributed by atoms with Gasteiger partial charge in [0, 0.05) is 44.3 Å². The molecule has 3 rings (SSSR count). The van der Waals surface area contributed by atoms with Gasteiger partial charge in [0.25, 0.3) is 10.0 Å². The number of sulfonamides is 1. The number of nitrogens with zero attached hydrogens (tertiary/aromatic N) is 4. The number of amides is 1. The summed E-state index contributed by atoms with van der Waals surface area (Å²) in [6, 6.07) is 0.160. The van der Waals surface area contributed by atoms with Crippen LogP contribution < -0.4 is 0 Å². The summed E-state index contributed by atoms with van der Waals surface area (Å²) < 4.78 is 34.0. The molecule has 0 N–H and O–H groups in total. The van der Waals surface area contributed by atoms with Crippen LogP contribution in [0.5, 0.6) is 0 Å². The molecule has 140 valence electrons. The van der Waals surface area contributed by atoms with Crippen molar-refractivity contribution in [2.24, 2.45) is 5.92 Å². The van der Waals surface area contributed by atoms with Gasteiger partial charge in [-0.25, -0.2) is 13.4 Å². The van der Waals surface area contributed by atoms with Crippen molar-refractivity contribution in [1.82, 2.24) is 18.8 Å². The third-order valence-corrected chi connectivity index (χ3v) is 6.69. The zero-order valence-corrected chi connectivity index (χ0v) is 15.6. The van der Waals surface area contributed by atoms with Gasteiger partial charge in [-0.05, 0) is 26.7 Å². The highest BCUT2D eigenvalue weighted by Gasteiger charge is 2.35. The van der Waals surface area contributed by atoms with E-state index in [1.807, 2.05) is 18.7 Å². The highest BCUT2D eigenvalue weighted by atomic mass is 32.2. The Balaban J connectivity index is 1.61. The first kappa shape index (κ1) is 18.3. The Morgan fingerprint density at radius 1 is 1.20 bits per heavy atom. The third-order valence-electron chi connectivity index (χ3n) is 4.90. The van der Waals surface area contributed by atoms with Crippen molar-refractivity contribution >= 4 is 15.9 Å². The van der Waals surface area contributed by atoms with Gasteiger partial charge in [0.15, 0.2) is 5.03 Å². The van der Waals surface area contributed by atoms with Gasteiger partial charge in [-0.3, -0.25) is 4.79 Å². The van der Waals surface area contributed by atoms with Crippen molar-refractivity contribution in [2.75, 3.05) is 39.4 Å². The quantitative estimate of drug-likeness (QED) is 0.780. The summed E-state index contributed by atoms with van der Waals surface area (Å²) in [5.41, 5.74) is 0. The number of carbonyl (C=O) groups is 1. The Bertz CT molecular complexity index is 701. The maximum absolute atomic E-state index is 12.7. The molecule has 2 fully saturated rings. The molecule has 2 aliphatic heterocycles. The fourth-order valence-electron chi connectivity index (χ4n) is 3.25. The molecule has 0 spiro atoms. The molecule has 0 bridgehead atoms. The van der Waals surface area contributed by atoms with Crippen molar-refractivity contribution in [1.29, 1.82) is 0 Å². The Labute approximate surface area is 148 Å². The number of imidazole rings is 1. The molecule has 3 heterocycles. The van der Waals surface area contributed by atoms with Gasteiger partial charge in [-0.2, -0.15) is 4.31 Å². The molecule has 25 heavy (non-hydrogen) atoms. The van der Waals surface area contributed by atoms with Crippen LogP contribution in [0.25, 0.3) is 0 Å². The van der Waals surface area contributed by atoms with Crippen molar-refractivity contribution < 1.29 is 17.9 Å². The second kappa shape index (κ2) is 7.43. The number of carbonyl (C=O) groups excluding carboxylic acids is 1. The number of rotatable bonds is 4. The average Bonchev–Trinajstić information content (AvgIpc) is 3.13. The lowest BCUT2D eigenvalue weighted by Crippen LogP contribution is -2.47. The summed E-state index contributed by atoms with van der Waals surface area (Å²) >= 11 is 0. The number of hydrogen-bond acceptors (Lipinski definition) is 5. The molecule has 0 aliphatic carbocycles. The largest absolute Gasteiger partial charge is 0.378 e. The number of hydrogen-bond donors (Lipinski definition) is 0. The van der Waals surface area contributed by atoms with Gasteiger partial charge in [-0.1, -0.05) is 0 Å². The van der Waals surface area contributed by atoms with Crippen LogP contribution in [0.4, 0.5) is 0 Å². The van der Waals surface area contributed by atoms with E-state index in [0.29, 0.717) is 52.2 Å². The zero-order valence-electron chi connectivity index (χ0n) is 14.8. The fraction of sp³-hybridized carbons (Fsp3) is 0.750. The molecular formula is C16H26N4O4S. The van der Waals surface area contributed by atoms with Gasteiger partial charge in [0.05, 0.1) is 19.5 Å². The van der Waals surface area contributed by atoms with E-state index in [1.54, 1.807) is 17.1 Å². The van der Waals surface area contributed by atoms with Crippen LogP contribution in [0.2, 0.25) is 0 Å². The summed E-state index contributed by atoms with van der Waals surface area (Å²) in [4.78, 5) is 18.4. The minimum absolute atomic E-state index is 0.0826. The molecular weight excluding hydrogens is 344 g/mol. The predicted octanol–water partition coefficient (Wildman–Crippen LogP) is 0.724. The lowest BCUT2D eigenvalue weighted by molar-refractivity contribution is -0.140. The molecule has 9 heteroatoms. The average molecular weight is 370 g/mol. The van der Waals surface area contributed by atoms with Gasteiger partial charge in [0.2, 0.25) is 5.91 Å². The second-order valence-corrected chi connectivity index (χ2v) is 8.75. The lowest BCUT2D eigenvalue weighted by atomic mass is 9.96. The number of ether oxygens (including phenoxy) is 1. The summed E-state index contributed by atoms with van der Waals surface area (Å²) in [5.74, 6) is 0.0298. The van der Waals surface area contributed by atoms with Crippen LogP contribution >= 0.6 is 0 Å². The molecule has 1 amide bonds. The molecule has 0 radical (unpaired) electrons. The normalized spacial score (nSPS) is 21.0. The van der Waals surface area contributed by atoms with E-state index < -0.39 is 10.0 Å². The smallest absolute Gasteiger partial charge is 0.262 e. The van der Waals surface area contributed by atoms with E-state index in [0.717, 1.165) is 0 Å². The fourth-order valence-corrected chi connectivity index (χ4v) is 4.64. The van der Waals surface area contributed by atoms with Crippen LogP contribution in [0.1, 0.15) is 32.7 Å². The third kappa shape index (κ3) is 3.88. The standard InChI is InChI=1S/C16H26N4O4S/c1-13(2)19-11-15(17-12-19)25(22,23)20-5-3-14(4-6-20)16(21)18-7-9-24-10-8-18/h11-14H,3-10H2,1-2H3. The molecule has 2 saturated heterocycles. The highest BCUT2D eigenvalue weighted by Crippen LogP contribution is 2.25. The highest BCUT2D eigenvalue weighted by molar-refractivity contribution is 7.89. The first-order chi connectivity index (χ1) is 11.9. The van der Waals surface area contributed by atoms with E-state index in [4.69, 9.17) is 4.74 Å². The van der Waals surface area contributed by atoms with Crippen LogP contribution in [0, 0.1) is 5.92 Å². The number of aromatic nitrogens is 2. The Morgan fingerprint density at radius 2 is 1.84 bits per heavy atom. The molecule has 1 aromatic rings. The Morgan fingerprint density at radius 3 is 2.40 bits per heavy atom. The minimum atomic E-state index is -3.59. The van der Waals surface area contributed by atoms with E-state index in [9.17, 15) is 13.2 Å². The van der Waals surface area contributed by atoms with E-state index in [2.05, 4.69) is 4.98 Å². The summed E-state index contributed by atoms with van der Waals surface area (Å²) in [6.07, 6.45) is 4.23. The van der Waals surface area contributed by atoms with Crippen molar-refractivity contribution in [3.8, 4) is 0 Å². The van der Waals surface area contributed by atoms with Gasteiger partial charge < -0.3 is 14.2 Å². The second-order valence-electron chi connectivity index (χ2n) is 6.87. The van der Waals surface area contributed by atoms with E-state index in [-0.39, 0.29) is 22.9 Å². The molecule has 0 saturated carbocycles. The number of piperidine rings is 1. The molecule has 0 aromatic carbocycles. The summed E-state index contributed by atoms with van der Waals surface area (Å²) in [5, 5.41) is 0.0826. The van der Waals surface area contributed by atoms with Gasteiger partial charge >= 0.3 is 0 Å². The first-order valence-corrected chi connectivity index (χ1v) is 10.2. The topological polar surface area (TPSA) is 84.7 Å². The van der Waals surface area contributed by atoms with Crippen molar-refractivity contribution in [2.45, 2.75) is 37.8 Å². The van der Waals surface area contributed by atoms with Crippen molar-refractivity contribution in [3.63, 3.8) is 0 Å². The molecule has 8 nitrogen and oxygen atoms in total. The van der Waals surface area contributed by atoms with Gasteiger partial charge in [0.1, 0.15) is 0 Å². The maximum atomic E-state index is 12.7. The predicted molar refractivity (Wildman–Crippen MR) is 91.5 cm³/mol. The van der Waals surface area contributed by atoms with Crippen LogP contribution in [-0.4, -0.2) is 72.5 Å². The van der Waals surface area contributed by atoms with Crippen LogP contribution in [0.15, 0.2) is 17.6 Å². The van der Waals surface area contributed by atoms with E-state index >= 15 is 0 Å². The number of morpholine rings is 1. The minimum Gasteiger partial charge on any atom is -0.378 e. The van der Waals surface area contributed by atoms with E-state index in [1.165, 1.54) is 4.31 Å². The molecule has 2 aliphatic rings. The zero-order chi connectivity index (χ0) is 18.0. The molecule has 1 aromatic heterocycles. The lowest BCUT2D eigenvalue weighted by Gasteiger charge is -2.34.